The first kappa shape index (κ1) is 21.2. The van der Waals surface area contributed by atoms with Crippen LogP contribution in [-0.2, 0) is 19.6 Å². The number of halogens is 2. The predicted molar refractivity (Wildman–Crippen MR) is 103 cm³/mol. The quantitative estimate of drug-likeness (QED) is 0.710. The number of sulfonamides is 1. The molecule has 0 saturated carbocycles. The van der Waals surface area contributed by atoms with Gasteiger partial charge in [0.2, 0.25) is 10.0 Å². The van der Waals surface area contributed by atoms with Crippen molar-refractivity contribution in [2.24, 2.45) is 0 Å². The highest BCUT2D eigenvalue weighted by Crippen LogP contribution is 2.26. The molecule has 0 bridgehead atoms. The van der Waals surface area contributed by atoms with Crippen molar-refractivity contribution in [1.29, 1.82) is 0 Å². The predicted octanol–water partition coefficient (Wildman–Crippen LogP) is 3.04. The third-order valence-corrected chi connectivity index (χ3v) is 5.90. The third kappa shape index (κ3) is 5.43. The molecule has 2 aromatic carbocycles. The van der Waals surface area contributed by atoms with Crippen LogP contribution in [0.1, 0.15) is 10.4 Å². The van der Waals surface area contributed by atoms with E-state index in [0.717, 1.165) is 4.31 Å². The van der Waals surface area contributed by atoms with E-state index in [1.54, 1.807) is 12.1 Å². The lowest BCUT2D eigenvalue weighted by molar-refractivity contribution is -0.119. The van der Waals surface area contributed by atoms with Gasteiger partial charge in [0.05, 0.1) is 10.6 Å². The molecule has 144 valence electrons. The van der Waals surface area contributed by atoms with Gasteiger partial charge in [-0.2, -0.15) is 0 Å². The van der Waals surface area contributed by atoms with Crippen molar-refractivity contribution in [3.8, 4) is 0 Å². The van der Waals surface area contributed by atoms with Crippen LogP contribution in [0.15, 0.2) is 47.4 Å². The molecular formula is C17H16Cl2N2O5S. The fourth-order valence-corrected chi connectivity index (χ4v) is 3.59. The summed E-state index contributed by atoms with van der Waals surface area (Å²) < 4.78 is 30.4. The maximum atomic E-state index is 12.2. The summed E-state index contributed by atoms with van der Waals surface area (Å²) in [6.45, 7) is -0.552. The van der Waals surface area contributed by atoms with E-state index in [1.165, 1.54) is 44.4 Å². The van der Waals surface area contributed by atoms with Gasteiger partial charge in [0.25, 0.3) is 5.91 Å². The number of anilines is 1. The number of carbonyl (C=O) groups is 2. The number of hydrogen-bond donors (Lipinski definition) is 1. The molecule has 0 atom stereocenters. The fraction of sp³-hybridized carbons (Fsp3) is 0.176. The Morgan fingerprint density at radius 3 is 2.44 bits per heavy atom. The van der Waals surface area contributed by atoms with Crippen LogP contribution in [0.25, 0.3) is 0 Å². The molecule has 10 heteroatoms. The Morgan fingerprint density at radius 2 is 1.81 bits per heavy atom. The lowest BCUT2D eigenvalue weighted by Gasteiger charge is -2.14. The van der Waals surface area contributed by atoms with Crippen LogP contribution in [0, 0.1) is 0 Å². The smallest absolute Gasteiger partial charge is 0.338 e. The van der Waals surface area contributed by atoms with E-state index in [1.807, 2.05) is 0 Å². The largest absolute Gasteiger partial charge is 0.452 e. The first-order chi connectivity index (χ1) is 12.6. The van der Waals surface area contributed by atoms with Crippen molar-refractivity contribution in [1.82, 2.24) is 4.31 Å². The van der Waals surface area contributed by atoms with E-state index in [-0.39, 0.29) is 21.2 Å². The molecule has 0 aliphatic rings. The molecule has 0 aromatic heterocycles. The number of carbonyl (C=O) groups excluding carboxylic acids is 2. The van der Waals surface area contributed by atoms with Crippen molar-refractivity contribution >= 4 is 50.8 Å². The topological polar surface area (TPSA) is 92.8 Å². The molecule has 1 N–H and O–H groups in total. The first-order valence-electron chi connectivity index (χ1n) is 7.56. The Bertz CT molecular complexity index is 977. The van der Waals surface area contributed by atoms with E-state index in [4.69, 9.17) is 27.9 Å². The molecule has 2 rings (SSSR count). The second-order valence-electron chi connectivity index (χ2n) is 5.57. The fourth-order valence-electron chi connectivity index (χ4n) is 2.00. The molecule has 0 spiro atoms. The Labute approximate surface area is 166 Å². The monoisotopic (exact) mass is 430 g/mol. The van der Waals surface area contributed by atoms with Crippen LogP contribution in [0.2, 0.25) is 10.0 Å². The van der Waals surface area contributed by atoms with E-state index in [2.05, 4.69) is 5.32 Å². The summed E-state index contributed by atoms with van der Waals surface area (Å²) in [5.41, 5.74) is 0.407. The van der Waals surface area contributed by atoms with Gasteiger partial charge in [0.15, 0.2) is 6.61 Å². The molecule has 0 fully saturated rings. The summed E-state index contributed by atoms with van der Waals surface area (Å²) in [5.74, 6) is -1.35. The van der Waals surface area contributed by atoms with Crippen LogP contribution in [0.4, 0.5) is 5.69 Å². The lowest BCUT2D eigenvalue weighted by atomic mass is 10.2. The van der Waals surface area contributed by atoms with E-state index >= 15 is 0 Å². The highest BCUT2D eigenvalue weighted by molar-refractivity contribution is 7.89. The summed E-state index contributed by atoms with van der Waals surface area (Å²) in [6.07, 6.45) is 0. The number of ether oxygens (including phenoxy) is 1. The summed E-state index contributed by atoms with van der Waals surface area (Å²) in [6, 6.07) is 10.1. The van der Waals surface area contributed by atoms with Crippen LogP contribution in [-0.4, -0.2) is 45.3 Å². The van der Waals surface area contributed by atoms with Gasteiger partial charge in [0, 0.05) is 24.8 Å². The van der Waals surface area contributed by atoms with Crippen molar-refractivity contribution < 1.29 is 22.7 Å². The molecule has 0 aliphatic carbocycles. The number of nitrogens with zero attached hydrogens (tertiary/aromatic N) is 1. The van der Waals surface area contributed by atoms with Crippen LogP contribution >= 0.6 is 23.2 Å². The normalized spacial score (nSPS) is 11.3. The van der Waals surface area contributed by atoms with Gasteiger partial charge >= 0.3 is 5.97 Å². The molecule has 0 heterocycles. The van der Waals surface area contributed by atoms with E-state index in [0.29, 0.717) is 5.02 Å². The highest BCUT2D eigenvalue weighted by atomic mass is 35.5. The number of amides is 1. The molecule has 0 saturated heterocycles. The number of benzene rings is 2. The minimum Gasteiger partial charge on any atom is -0.452 e. The number of hydrogen-bond acceptors (Lipinski definition) is 5. The summed E-state index contributed by atoms with van der Waals surface area (Å²) in [7, 11) is -1.04. The summed E-state index contributed by atoms with van der Waals surface area (Å²) in [5, 5.41) is 2.84. The van der Waals surface area contributed by atoms with Gasteiger partial charge in [-0.05, 0) is 36.4 Å². The molecule has 0 unspecified atom stereocenters. The zero-order valence-electron chi connectivity index (χ0n) is 14.4. The summed E-state index contributed by atoms with van der Waals surface area (Å²) >= 11 is 11.7. The molecular weight excluding hydrogens is 415 g/mol. The molecule has 0 radical (unpaired) electrons. The number of nitrogens with one attached hydrogen (secondary N) is 1. The first-order valence-corrected chi connectivity index (χ1v) is 9.75. The van der Waals surface area contributed by atoms with Gasteiger partial charge < -0.3 is 10.1 Å². The van der Waals surface area contributed by atoms with Crippen molar-refractivity contribution in [2.45, 2.75) is 4.90 Å². The van der Waals surface area contributed by atoms with Gasteiger partial charge in [-0.15, -0.1) is 0 Å². The molecule has 1 amide bonds. The zero-order chi connectivity index (χ0) is 20.2. The second kappa shape index (κ2) is 8.71. The van der Waals surface area contributed by atoms with Gasteiger partial charge in [-0.25, -0.2) is 17.5 Å². The minimum absolute atomic E-state index is 0.0223. The SMILES string of the molecule is CN(C)S(=O)(=O)c1cc(NC(=O)COC(=O)c2cccc(Cl)c2)ccc1Cl. The average Bonchev–Trinajstić information content (AvgIpc) is 2.61. The Morgan fingerprint density at radius 1 is 1.11 bits per heavy atom. The lowest BCUT2D eigenvalue weighted by Crippen LogP contribution is -2.23. The Hall–Kier alpha value is -2.13. The van der Waals surface area contributed by atoms with Crippen molar-refractivity contribution in [2.75, 3.05) is 26.0 Å². The molecule has 0 aliphatic heterocycles. The maximum Gasteiger partial charge on any atom is 0.338 e. The molecule has 7 nitrogen and oxygen atoms in total. The van der Waals surface area contributed by atoms with Crippen molar-refractivity contribution in [3.63, 3.8) is 0 Å². The van der Waals surface area contributed by atoms with Gasteiger partial charge in [-0.1, -0.05) is 29.3 Å². The van der Waals surface area contributed by atoms with Gasteiger partial charge in [-0.3, -0.25) is 4.79 Å². The van der Waals surface area contributed by atoms with Crippen LogP contribution in [0.3, 0.4) is 0 Å². The van der Waals surface area contributed by atoms with Gasteiger partial charge in [0.1, 0.15) is 4.90 Å². The Kier molecular flexibility index (Phi) is 6.83. The Balaban J connectivity index is 2.05. The maximum absolute atomic E-state index is 12.2. The third-order valence-electron chi connectivity index (χ3n) is 3.37. The standard InChI is InChI=1S/C17H16Cl2N2O5S/c1-21(2)27(24,25)15-9-13(6-7-14(15)19)20-16(22)10-26-17(23)11-4-3-5-12(18)8-11/h3-9H,10H2,1-2H3,(H,20,22). The summed E-state index contributed by atoms with van der Waals surface area (Å²) in [4.78, 5) is 23.7. The number of rotatable bonds is 6. The van der Waals surface area contributed by atoms with Crippen molar-refractivity contribution in [3.05, 3.63) is 58.1 Å². The minimum atomic E-state index is -3.78. The number of esters is 1. The molecule has 2 aromatic rings. The van der Waals surface area contributed by atoms with E-state index < -0.39 is 28.5 Å². The molecule has 27 heavy (non-hydrogen) atoms. The zero-order valence-corrected chi connectivity index (χ0v) is 16.7. The average molecular weight is 431 g/mol. The highest BCUT2D eigenvalue weighted by Gasteiger charge is 2.21. The van der Waals surface area contributed by atoms with E-state index in [9.17, 15) is 18.0 Å². The van der Waals surface area contributed by atoms with Crippen LogP contribution in [0.5, 0.6) is 0 Å². The second-order valence-corrected chi connectivity index (χ2v) is 8.53. The van der Waals surface area contributed by atoms with Crippen LogP contribution < -0.4 is 5.32 Å².